The normalized spacial score (nSPS) is 9.83. The highest BCUT2D eigenvalue weighted by Crippen LogP contribution is 2.29. The van der Waals surface area contributed by atoms with Crippen LogP contribution >= 0.6 is 0 Å². The average molecular weight is 247 g/mol. The van der Waals surface area contributed by atoms with Crippen molar-refractivity contribution in [3.63, 3.8) is 0 Å². The first-order valence-electron chi connectivity index (χ1n) is 4.85. The van der Waals surface area contributed by atoms with Gasteiger partial charge in [-0.25, -0.2) is 15.8 Å². The number of pyridine rings is 1. The Hall–Kier alpha value is -2.81. The van der Waals surface area contributed by atoms with Gasteiger partial charge < -0.3 is 10.7 Å². The largest absolute Gasteiger partial charge is 0.354 e. The molecule has 9 nitrogen and oxygen atoms in total. The Kier molecular flexibility index (Phi) is 3.25. The molecular weight excluding hydrogens is 238 g/mol. The van der Waals surface area contributed by atoms with E-state index in [0.717, 1.165) is 0 Å². The molecule has 2 aromatic heterocycles. The third kappa shape index (κ3) is 2.30. The maximum absolute atomic E-state index is 11.0. The number of hydrogen-bond acceptors (Lipinski definition) is 8. The molecule has 0 radical (unpaired) electrons. The number of rotatable bonds is 4. The van der Waals surface area contributed by atoms with Gasteiger partial charge in [-0.1, -0.05) is 0 Å². The van der Waals surface area contributed by atoms with E-state index in [2.05, 4.69) is 25.7 Å². The van der Waals surface area contributed by atoms with Crippen LogP contribution in [-0.2, 0) is 0 Å². The average Bonchev–Trinajstić information content (AvgIpc) is 2.39. The summed E-state index contributed by atoms with van der Waals surface area (Å²) < 4.78 is 0. The van der Waals surface area contributed by atoms with Gasteiger partial charge in [0.05, 0.1) is 16.8 Å². The first-order valence-corrected chi connectivity index (χ1v) is 4.85. The number of nitro groups is 1. The van der Waals surface area contributed by atoms with Gasteiger partial charge in [-0.2, -0.15) is 0 Å². The molecule has 9 heteroatoms. The maximum Gasteiger partial charge on any atom is 0.354 e. The Morgan fingerprint density at radius 3 is 2.72 bits per heavy atom. The van der Waals surface area contributed by atoms with Gasteiger partial charge in [0, 0.05) is 6.20 Å². The topological polar surface area (TPSA) is 132 Å². The maximum atomic E-state index is 11.0. The van der Waals surface area contributed by atoms with Crippen molar-refractivity contribution in [1.29, 1.82) is 0 Å². The van der Waals surface area contributed by atoms with Crippen LogP contribution in [0.15, 0.2) is 30.9 Å². The van der Waals surface area contributed by atoms with E-state index in [9.17, 15) is 10.1 Å². The van der Waals surface area contributed by atoms with Crippen LogP contribution in [0.4, 0.5) is 23.0 Å². The van der Waals surface area contributed by atoms with Crippen LogP contribution < -0.4 is 16.6 Å². The fourth-order valence-electron chi connectivity index (χ4n) is 1.32. The van der Waals surface area contributed by atoms with Crippen molar-refractivity contribution in [2.45, 2.75) is 0 Å². The molecule has 0 fully saturated rings. The fourth-order valence-corrected chi connectivity index (χ4v) is 1.32. The molecule has 0 aromatic carbocycles. The molecule has 0 aliphatic heterocycles. The molecule has 0 saturated carbocycles. The summed E-state index contributed by atoms with van der Waals surface area (Å²) in [6.45, 7) is 0. The number of nitrogens with two attached hydrogens (primary N) is 1. The zero-order valence-electron chi connectivity index (χ0n) is 9.07. The predicted molar refractivity (Wildman–Crippen MR) is 64.0 cm³/mol. The number of nitrogen functional groups attached to an aromatic ring is 1. The summed E-state index contributed by atoms with van der Waals surface area (Å²) >= 11 is 0. The molecule has 0 spiro atoms. The van der Waals surface area contributed by atoms with Crippen LogP contribution in [0.25, 0.3) is 0 Å². The monoisotopic (exact) mass is 247 g/mol. The lowest BCUT2D eigenvalue weighted by Crippen LogP contribution is -2.12. The van der Waals surface area contributed by atoms with Crippen molar-refractivity contribution < 1.29 is 4.92 Å². The smallest absolute Gasteiger partial charge is 0.333 e. The van der Waals surface area contributed by atoms with Crippen molar-refractivity contribution >= 4 is 23.0 Å². The number of hydrazine groups is 1. The summed E-state index contributed by atoms with van der Waals surface area (Å²) in [4.78, 5) is 21.7. The highest BCUT2D eigenvalue weighted by Gasteiger charge is 2.22. The number of nitrogens with zero attached hydrogens (tertiary/aromatic N) is 4. The zero-order chi connectivity index (χ0) is 13.0. The van der Waals surface area contributed by atoms with Crippen molar-refractivity contribution in [3.05, 3.63) is 41.0 Å². The van der Waals surface area contributed by atoms with Crippen molar-refractivity contribution in [2.75, 3.05) is 10.7 Å². The Balaban J connectivity index is 2.42. The van der Waals surface area contributed by atoms with Gasteiger partial charge in [0.15, 0.2) is 0 Å². The Morgan fingerprint density at radius 2 is 2.11 bits per heavy atom. The van der Waals surface area contributed by atoms with E-state index in [1.807, 2.05) is 0 Å². The van der Waals surface area contributed by atoms with Crippen LogP contribution in [0.1, 0.15) is 0 Å². The highest BCUT2D eigenvalue weighted by atomic mass is 16.6. The SMILES string of the molecule is NNc1ncnc(Nc2cccnc2)c1[N+](=O)[O-]. The molecule has 0 aliphatic carbocycles. The van der Waals surface area contributed by atoms with E-state index >= 15 is 0 Å². The number of hydrogen-bond donors (Lipinski definition) is 3. The molecule has 0 atom stereocenters. The van der Waals surface area contributed by atoms with Gasteiger partial charge in [0.25, 0.3) is 0 Å². The lowest BCUT2D eigenvalue weighted by molar-refractivity contribution is -0.383. The summed E-state index contributed by atoms with van der Waals surface area (Å²) in [5.74, 6) is 5.14. The van der Waals surface area contributed by atoms with E-state index in [1.165, 1.54) is 12.5 Å². The minimum Gasteiger partial charge on any atom is -0.333 e. The molecule has 4 N–H and O–H groups in total. The molecule has 2 rings (SSSR count). The van der Waals surface area contributed by atoms with E-state index < -0.39 is 4.92 Å². The number of nitrogens with one attached hydrogen (secondary N) is 2. The molecule has 18 heavy (non-hydrogen) atoms. The van der Waals surface area contributed by atoms with Crippen LogP contribution in [0.5, 0.6) is 0 Å². The molecule has 92 valence electrons. The van der Waals surface area contributed by atoms with Crippen LogP contribution in [0.3, 0.4) is 0 Å². The van der Waals surface area contributed by atoms with Crippen molar-refractivity contribution in [3.8, 4) is 0 Å². The predicted octanol–water partition coefficient (Wildman–Crippen LogP) is 0.809. The van der Waals surface area contributed by atoms with Gasteiger partial charge in [-0.05, 0) is 12.1 Å². The second-order valence-corrected chi connectivity index (χ2v) is 3.19. The van der Waals surface area contributed by atoms with Crippen molar-refractivity contribution in [1.82, 2.24) is 15.0 Å². The Bertz CT molecular complexity index is 560. The van der Waals surface area contributed by atoms with Crippen LogP contribution in [0, 0.1) is 10.1 Å². The van der Waals surface area contributed by atoms with Crippen LogP contribution in [0.2, 0.25) is 0 Å². The first kappa shape index (κ1) is 11.7. The quantitative estimate of drug-likeness (QED) is 0.410. The number of anilines is 3. The van der Waals surface area contributed by atoms with Gasteiger partial charge in [0.1, 0.15) is 6.33 Å². The van der Waals surface area contributed by atoms with Gasteiger partial charge in [-0.15, -0.1) is 0 Å². The standard InChI is InChI=1S/C9H9N7O2/c10-15-9-7(16(17)18)8(12-5-13-9)14-6-2-1-3-11-4-6/h1-5H,10H2,(H2,12,13,14,15). The molecule has 0 amide bonds. The molecule has 0 bridgehead atoms. The minimum atomic E-state index is -0.617. The minimum absolute atomic E-state index is 0.0379. The second kappa shape index (κ2) is 5.01. The zero-order valence-corrected chi connectivity index (χ0v) is 9.07. The third-order valence-electron chi connectivity index (χ3n) is 2.07. The highest BCUT2D eigenvalue weighted by molar-refractivity contribution is 5.73. The molecule has 0 unspecified atom stereocenters. The summed E-state index contributed by atoms with van der Waals surface area (Å²) in [6, 6.07) is 3.39. The Labute approximate surface area is 101 Å². The molecule has 0 aliphatic rings. The molecule has 2 aromatic rings. The van der Waals surface area contributed by atoms with E-state index in [4.69, 9.17) is 5.84 Å². The summed E-state index contributed by atoms with van der Waals surface area (Å²) in [7, 11) is 0. The Morgan fingerprint density at radius 1 is 1.33 bits per heavy atom. The van der Waals surface area contributed by atoms with E-state index in [0.29, 0.717) is 5.69 Å². The summed E-state index contributed by atoms with van der Waals surface area (Å²) in [5.41, 5.74) is 2.40. The second-order valence-electron chi connectivity index (χ2n) is 3.19. The van der Waals surface area contributed by atoms with E-state index in [1.54, 1.807) is 18.3 Å². The fraction of sp³-hybridized carbons (Fsp3) is 0. The molecular formula is C9H9N7O2. The van der Waals surface area contributed by atoms with Gasteiger partial charge in [-0.3, -0.25) is 15.1 Å². The lowest BCUT2D eigenvalue weighted by atomic mass is 10.4. The summed E-state index contributed by atoms with van der Waals surface area (Å²) in [5, 5.41) is 13.7. The number of aromatic nitrogens is 3. The third-order valence-corrected chi connectivity index (χ3v) is 2.07. The first-order chi connectivity index (χ1) is 8.72. The van der Waals surface area contributed by atoms with Gasteiger partial charge >= 0.3 is 5.69 Å². The van der Waals surface area contributed by atoms with Crippen molar-refractivity contribution in [2.24, 2.45) is 5.84 Å². The van der Waals surface area contributed by atoms with Gasteiger partial charge in [0.2, 0.25) is 11.6 Å². The summed E-state index contributed by atoms with van der Waals surface area (Å²) in [6.07, 6.45) is 4.27. The van der Waals surface area contributed by atoms with Crippen LogP contribution in [-0.4, -0.2) is 19.9 Å². The molecule has 0 saturated heterocycles. The van der Waals surface area contributed by atoms with E-state index in [-0.39, 0.29) is 17.3 Å². The molecule has 2 heterocycles. The lowest BCUT2D eigenvalue weighted by Gasteiger charge is -2.07.